The van der Waals surface area contributed by atoms with Crippen LogP contribution < -0.4 is 11.1 Å². The van der Waals surface area contributed by atoms with Gasteiger partial charge in [-0.2, -0.15) is 5.10 Å². The second kappa shape index (κ2) is 4.64. The minimum absolute atomic E-state index is 0.191. The molecule has 0 saturated carbocycles. The van der Waals surface area contributed by atoms with Gasteiger partial charge in [0.25, 0.3) is 5.91 Å². The first kappa shape index (κ1) is 11.7. The summed E-state index contributed by atoms with van der Waals surface area (Å²) in [6.07, 6.45) is 1.48. The highest BCUT2D eigenvalue weighted by atomic mass is 32.1. The van der Waals surface area contributed by atoms with Crippen LogP contribution in [0, 0.1) is 6.92 Å². The lowest BCUT2D eigenvalue weighted by Crippen LogP contribution is -2.16. The Hall–Kier alpha value is -1.73. The molecule has 0 fully saturated rings. The number of nitrogens with one attached hydrogen (secondary N) is 2. The van der Waals surface area contributed by atoms with Gasteiger partial charge in [0.05, 0.1) is 16.6 Å². The van der Waals surface area contributed by atoms with Crippen molar-refractivity contribution in [1.29, 1.82) is 0 Å². The van der Waals surface area contributed by atoms with E-state index in [9.17, 15) is 4.79 Å². The van der Waals surface area contributed by atoms with Gasteiger partial charge in [0.15, 0.2) is 0 Å². The molecule has 0 aliphatic carbocycles. The van der Waals surface area contributed by atoms with E-state index >= 15 is 0 Å². The number of aryl methyl sites for hydroxylation is 1. The van der Waals surface area contributed by atoms with Crippen LogP contribution in [-0.4, -0.2) is 21.1 Å². The predicted molar refractivity (Wildman–Crippen MR) is 71.5 cm³/mol. The normalized spacial score (nSPS) is 10.2. The molecule has 2 heterocycles. The Balaban J connectivity index is 2.18. The van der Waals surface area contributed by atoms with Crippen LogP contribution >= 0.6 is 23.6 Å². The lowest BCUT2D eigenvalue weighted by Gasteiger charge is -2.02. The Morgan fingerprint density at radius 1 is 1.59 bits per heavy atom. The van der Waals surface area contributed by atoms with Crippen LogP contribution in [0.15, 0.2) is 18.3 Å². The Bertz CT molecular complexity index is 572. The molecule has 17 heavy (non-hydrogen) atoms. The van der Waals surface area contributed by atoms with Crippen LogP contribution in [0.3, 0.4) is 0 Å². The van der Waals surface area contributed by atoms with E-state index < -0.39 is 0 Å². The van der Waals surface area contributed by atoms with Gasteiger partial charge in [-0.25, -0.2) is 0 Å². The molecule has 0 aliphatic rings. The van der Waals surface area contributed by atoms with Crippen molar-refractivity contribution in [2.24, 2.45) is 5.73 Å². The molecule has 2 rings (SSSR count). The first-order valence-corrected chi connectivity index (χ1v) is 6.01. The highest BCUT2D eigenvalue weighted by Gasteiger charge is 2.13. The first-order chi connectivity index (χ1) is 8.08. The number of thiocarbonyl (C=S) groups is 1. The molecule has 2 aromatic heterocycles. The maximum absolute atomic E-state index is 11.9. The second-order valence-electron chi connectivity index (χ2n) is 3.39. The number of aromatic amines is 1. The molecule has 0 radical (unpaired) electrons. The number of nitrogens with zero attached hydrogens (tertiary/aromatic N) is 1. The van der Waals surface area contributed by atoms with Gasteiger partial charge in [0.2, 0.25) is 0 Å². The number of hydrogen-bond donors (Lipinski definition) is 3. The molecule has 0 saturated heterocycles. The van der Waals surface area contributed by atoms with Crippen molar-refractivity contribution in [3.8, 4) is 0 Å². The zero-order chi connectivity index (χ0) is 12.4. The summed E-state index contributed by atoms with van der Waals surface area (Å²) >= 11 is 6.27. The molecule has 0 aliphatic heterocycles. The van der Waals surface area contributed by atoms with Crippen molar-refractivity contribution in [2.45, 2.75) is 6.92 Å². The SMILES string of the molecule is Cc1ccc(C(=O)Nc2[nH]ncc2C(N)=S)s1. The van der Waals surface area contributed by atoms with Crippen LogP contribution in [0.1, 0.15) is 20.1 Å². The van der Waals surface area contributed by atoms with Crippen molar-refractivity contribution < 1.29 is 4.79 Å². The third-order valence-electron chi connectivity index (χ3n) is 2.11. The first-order valence-electron chi connectivity index (χ1n) is 4.79. The van der Waals surface area contributed by atoms with E-state index in [1.165, 1.54) is 17.5 Å². The number of rotatable bonds is 3. The van der Waals surface area contributed by atoms with Crippen LogP contribution in [0.25, 0.3) is 0 Å². The fraction of sp³-hybridized carbons (Fsp3) is 0.100. The smallest absolute Gasteiger partial charge is 0.266 e. The van der Waals surface area contributed by atoms with E-state index in [-0.39, 0.29) is 10.9 Å². The summed E-state index contributed by atoms with van der Waals surface area (Å²) < 4.78 is 0. The molecule has 0 bridgehead atoms. The van der Waals surface area contributed by atoms with Crippen molar-refractivity contribution in [3.05, 3.63) is 33.6 Å². The van der Waals surface area contributed by atoms with Crippen molar-refractivity contribution in [1.82, 2.24) is 10.2 Å². The van der Waals surface area contributed by atoms with Gasteiger partial charge in [-0.3, -0.25) is 9.89 Å². The summed E-state index contributed by atoms with van der Waals surface area (Å²) in [5.41, 5.74) is 6.03. The Kier molecular flexibility index (Phi) is 3.21. The average molecular weight is 266 g/mol. The van der Waals surface area contributed by atoms with E-state index in [4.69, 9.17) is 18.0 Å². The summed E-state index contributed by atoms with van der Waals surface area (Å²) in [6.45, 7) is 1.94. The Labute approximate surface area is 107 Å². The number of H-pyrrole nitrogens is 1. The fourth-order valence-corrected chi connectivity index (χ4v) is 2.22. The number of carbonyl (C=O) groups excluding carboxylic acids is 1. The third-order valence-corrected chi connectivity index (χ3v) is 3.33. The summed E-state index contributed by atoms with van der Waals surface area (Å²) in [4.78, 5) is 13.8. The molecule has 5 nitrogen and oxygen atoms in total. The van der Waals surface area contributed by atoms with Gasteiger partial charge in [0.1, 0.15) is 10.8 Å². The summed E-state index contributed by atoms with van der Waals surface area (Å²) in [5, 5.41) is 9.13. The van der Waals surface area contributed by atoms with Crippen molar-refractivity contribution in [3.63, 3.8) is 0 Å². The van der Waals surface area contributed by atoms with E-state index in [0.717, 1.165) is 4.88 Å². The second-order valence-corrected chi connectivity index (χ2v) is 5.12. The molecular weight excluding hydrogens is 256 g/mol. The van der Waals surface area contributed by atoms with E-state index in [2.05, 4.69) is 15.5 Å². The van der Waals surface area contributed by atoms with Crippen LogP contribution in [0.5, 0.6) is 0 Å². The van der Waals surface area contributed by atoms with Gasteiger partial charge < -0.3 is 11.1 Å². The molecule has 1 amide bonds. The minimum Gasteiger partial charge on any atom is -0.389 e. The summed E-state index contributed by atoms with van der Waals surface area (Å²) in [7, 11) is 0. The third kappa shape index (κ3) is 2.51. The Morgan fingerprint density at radius 3 is 2.94 bits per heavy atom. The number of amides is 1. The molecule has 0 spiro atoms. The van der Waals surface area contributed by atoms with E-state index in [0.29, 0.717) is 16.3 Å². The number of nitrogens with two attached hydrogens (primary N) is 1. The number of anilines is 1. The van der Waals surface area contributed by atoms with Gasteiger partial charge in [-0.15, -0.1) is 11.3 Å². The van der Waals surface area contributed by atoms with E-state index in [1.54, 1.807) is 6.07 Å². The highest BCUT2D eigenvalue weighted by Crippen LogP contribution is 2.18. The van der Waals surface area contributed by atoms with Gasteiger partial charge in [-0.1, -0.05) is 12.2 Å². The fourth-order valence-electron chi connectivity index (χ4n) is 1.30. The summed E-state index contributed by atoms with van der Waals surface area (Å²) in [5.74, 6) is 0.221. The van der Waals surface area contributed by atoms with Gasteiger partial charge >= 0.3 is 0 Å². The van der Waals surface area contributed by atoms with Crippen LogP contribution in [-0.2, 0) is 0 Å². The zero-order valence-corrected chi connectivity index (χ0v) is 10.6. The maximum Gasteiger partial charge on any atom is 0.266 e. The maximum atomic E-state index is 11.9. The molecule has 7 heteroatoms. The molecule has 88 valence electrons. The Morgan fingerprint density at radius 2 is 2.35 bits per heavy atom. The van der Waals surface area contributed by atoms with Crippen molar-refractivity contribution >= 4 is 40.3 Å². The highest BCUT2D eigenvalue weighted by molar-refractivity contribution is 7.80. The standard InChI is InChI=1S/C10H10N4OS2/c1-5-2-3-7(17-5)10(15)13-9-6(8(11)16)4-12-14-9/h2-4H,1H3,(H2,11,16)(H2,12,13,14,15). The van der Waals surface area contributed by atoms with Gasteiger partial charge in [0, 0.05) is 4.88 Å². The van der Waals surface area contributed by atoms with Crippen molar-refractivity contribution in [2.75, 3.05) is 5.32 Å². The monoisotopic (exact) mass is 266 g/mol. The molecular formula is C10H10N4OS2. The van der Waals surface area contributed by atoms with Gasteiger partial charge in [-0.05, 0) is 19.1 Å². The summed E-state index contributed by atoms with van der Waals surface area (Å²) in [6, 6.07) is 3.66. The molecule has 2 aromatic rings. The average Bonchev–Trinajstić information content (AvgIpc) is 2.86. The van der Waals surface area contributed by atoms with Crippen LogP contribution in [0.2, 0.25) is 0 Å². The minimum atomic E-state index is -0.204. The molecule has 4 N–H and O–H groups in total. The number of thiophene rings is 1. The predicted octanol–water partition coefficient (Wildman–Crippen LogP) is 1.67. The molecule has 0 atom stereocenters. The van der Waals surface area contributed by atoms with Crippen LogP contribution in [0.4, 0.5) is 5.82 Å². The molecule has 0 aromatic carbocycles. The topological polar surface area (TPSA) is 83.8 Å². The zero-order valence-electron chi connectivity index (χ0n) is 8.98. The quantitative estimate of drug-likeness (QED) is 0.738. The number of hydrogen-bond acceptors (Lipinski definition) is 4. The van der Waals surface area contributed by atoms with E-state index in [1.807, 2.05) is 13.0 Å². The molecule has 0 unspecified atom stereocenters. The lowest BCUT2D eigenvalue weighted by molar-refractivity contribution is 0.103. The lowest BCUT2D eigenvalue weighted by atomic mass is 10.3. The number of aromatic nitrogens is 2. The number of carbonyl (C=O) groups is 1. The largest absolute Gasteiger partial charge is 0.389 e.